The van der Waals surface area contributed by atoms with E-state index < -0.39 is 0 Å². The van der Waals surface area contributed by atoms with Gasteiger partial charge in [-0.2, -0.15) is 0 Å². The topological polar surface area (TPSA) is 24.9 Å². The number of halogens is 1. The van der Waals surface area contributed by atoms with E-state index in [9.17, 15) is 0 Å². The lowest BCUT2D eigenvalue weighted by Gasteiger charge is -2.14. The molecule has 2 rings (SSSR count). The van der Waals surface area contributed by atoms with Gasteiger partial charge in [-0.3, -0.25) is 4.98 Å². The number of hydrogen-bond acceptors (Lipinski definition) is 3. The molecule has 1 unspecified atom stereocenters. The molecule has 2 nitrogen and oxygen atoms in total. The molecule has 1 heterocycles. The van der Waals surface area contributed by atoms with Crippen LogP contribution in [0.1, 0.15) is 24.1 Å². The molecule has 1 atom stereocenters. The van der Waals surface area contributed by atoms with Crippen LogP contribution in [0.3, 0.4) is 0 Å². The Morgan fingerprint density at radius 3 is 2.63 bits per heavy atom. The summed E-state index contributed by atoms with van der Waals surface area (Å²) < 4.78 is 1.02. The highest BCUT2D eigenvalue weighted by Gasteiger charge is 2.05. The highest BCUT2D eigenvalue weighted by molar-refractivity contribution is 9.10. The van der Waals surface area contributed by atoms with Crippen molar-refractivity contribution in [3.05, 3.63) is 58.3 Å². The third-order valence-electron chi connectivity index (χ3n) is 2.99. The highest BCUT2D eigenvalue weighted by Crippen LogP contribution is 2.19. The molecule has 2 aromatic rings. The van der Waals surface area contributed by atoms with E-state index in [4.69, 9.17) is 0 Å². The van der Waals surface area contributed by atoms with Crippen LogP contribution in [-0.4, -0.2) is 11.2 Å². The van der Waals surface area contributed by atoms with E-state index in [2.05, 4.69) is 69.7 Å². The molecule has 0 spiro atoms. The molecule has 0 aliphatic carbocycles. The highest BCUT2D eigenvalue weighted by atomic mass is 79.9. The second kappa shape index (κ2) is 7.08. The smallest absolute Gasteiger partial charge is 0.0410 e. The van der Waals surface area contributed by atoms with Crippen LogP contribution in [0.25, 0.3) is 0 Å². The van der Waals surface area contributed by atoms with E-state index in [1.807, 2.05) is 6.20 Å². The van der Waals surface area contributed by atoms with Gasteiger partial charge >= 0.3 is 0 Å². The molecule has 1 N–H and O–H groups in total. The standard InChI is InChI=1S/C15H17BrN2S/c1-11(13-3-5-15(19-2)6-4-13)18-9-12-7-14(16)10-17-8-12/h3-8,10-11,18H,9H2,1-2H3. The van der Waals surface area contributed by atoms with Crippen molar-refractivity contribution in [3.8, 4) is 0 Å². The van der Waals surface area contributed by atoms with Crippen LogP contribution in [0, 0.1) is 0 Å². The van der Waals surface area contributed by atoms with Gasteiger partial charge in [0.25, 0.3) is 0 Å². The first-order valence-corrected chi connectivity index (χ1v) is 8.17. The first kappa shape index (κ1) is 14.6. The van der Waals surface area contributed by atoms with Crippen LogP contribution in [0.4, 0.5) is 0 Å². The van der Waals surface area contributed by atoms with Crippen LogP contribution >= 0.6 is 27.7 Å². The Labute approximate surface area is 127 Å². The lowest BCUT2D eigenvalue weighted by molar-refractivity contribution is 0.573. The van der Waals surface area contributed by atoms with Crippen molar-refractivity contribution in [1.82, 2.24) is 10.3 Å². The second-order valence-corrected chi connectivity index (χ2v) is 6.18. The van der Waals surface area contributed by atoms with Gasteiger partial charge < -0.3 is 5.32 Å². The van der Waals surface area contributed by atoms with E-state index >= 15 is 0 Å². The van der Waals surface area contributed by atoms with Crippen molar-refractivity contribution in [2.24, 2.45) is 0 Å². The maximum atomic E-state index is 4.17. The van der Waals surface area contributed by atoms with Crippen molar-refractivity contribution in [3.63, 3.8) is 0 Å². The molecular formula is C15H17BrN2S. The fourth-order valence-corrected chi connectivity index (χ4v) is 2.65. The Morgan fingerprint density at radius 2 is 2.00 bits per heavy atom. The minimum absolute atomic E-state index is 0.329. The summed E-state index contributed by atoms with van der Waals surface area (Å²) in [5.74, 6) is 0. The number of pyridine rings is 1. The van der Waals surface area contributed by atoms with Gasteiger partial charge in [0.1, 0.15) is 0 Å². The van der Waals surface area contributed by atoms with Crippen molar-refractivity contribution >= 4 is 27.7 Å². The number of benzene rings is 1. The Balaban J connectivity index is 1.95. The van der Waals surface area contributed by atoms with Gasteiger partial charge in [-0.05, 0) is 58.4 Å². The molecule has 1 aromatic heterocycles. The monoisotopic (exact) mass is 336 g/mol. The summed E-state index contributed by atoms with van der Waals surface area (Å²) in [4.78, 5) is 5.47. The second-order valence-electron chi connectivity index (χ2n) is 4.39. The molecule has 1 aromatic carbocycles. The van der Waals surface area contributed by atoms with E-state index in [0.29, 0.717) is 6.04 Å². The van der Waals surface area contributed by atoms with Gasteiger partial charge in [-0.1, -0.05) is 12.1 Å². The summed E-state index contributed by atoms with van der Waals surface area (Å²) in [6.45, 7) is 3.00. The molecule has 0 radical (unpaired) electrons. The number of aromatic nitrogens is 1. The Morgan fingerprint density at radius 1 is 1.26 bits per heavy atom. The first-order chi connectivity index (χ1) is 9.19. The molecule has 0 amide bonds. The van der Waals surface area contributed by atoms with Crippen LogP contribution in [0.2, 0.25) is 0 Å². The van der Waals surface area contributed by atoms with Gasteiger partial charge in [0.2, 0.25) is 0 Å². The maximum Gasteiger partial charge on any atom is 0.0410 e. The molecule has 4 heteroatoms. The minimum Gasteiger partial charge on any atom is -0.306 e. The zero-order valence-electron chi connectivity index (χ0n) is 11.1. The molecule has 0 saturated heterocycles. The molecule has 0 aliphatic rings. The molecular weight excluding hydrogens is 320 g/mol. The quantitative estimate of drug-likeness (QED) is 0.818. The van der Waals surface area contributed by atoms with Crippen molar-refractivity contribution < 1.29 is 0 Å². The normalized spacial score (nSPS) is 12.4. The van der Waals surface area contributed by atoms with Crippen LogP contribution < -0.4 is 5.32 Å². The van der Waals surface area contributed by atoms with Crippen molar-refractivity contribution in [2.75, 3.05) is 6.26 Å². The van der Waals surface area contributed by atoms with Gasteiger partial charge in [-0.25, -0.2) is 0 Å². The summed E-state index contributed by atoms with van der Waals surface area (Å²) >= 11 is 5.20. The summed E-state index contributed by atoms with van der Waals surface area (Å²) in [6.07, 6.45) is 5.78. The molecule has 0 saturated carbocycles. The van der Waals surface area contributed by atoms with Crippen molar-refractivity contribution in [2.45, 2.75) is 24.4 Å². The Kier molecular flexibility index (Phi) is 5.43. The third kappa shape index (κ3) is 4.34. The number of nitrogens with zero attached hydrogens (tertiary/aromatic N) is 1. The van der Waals surface area contributed by atoms with Gasteiger partial charge in [-0.15, -0.1) is 11.8 Å². The fourth-order valence-electron chi connectivity index (χ4n) is 1.83. The molecule has 100 valence electrons. The average molecular weight is 337 g/mol. The van der Waals surface area contributed by atoms with Gasteiger partial charge in [0.05, 0.1) is 0 Å². The SMILES string of the molecule is CSc1ccc(C(C)NCc2cncc(Br)c2)cc1. The predicted molar refractivity (Wildman–Crippen MR) is 85.4 cm³/mol. The van der Waals surface area contributed by atoms with Crippen molar-refractivity contribution in [1.29, 1.82) is 0 Å². The summed E-state index contributed by atoms with van der Waals surface area (Å²) in [5.41, 5.74) is 2.49. The number of rotatable bonds is 5. The zero-order valence-corrected chi connectivity index (χ0v) is 13.5. The molecule has 0 fully saturated rings. The van der Waals surface area contributed by atoms with Crippen LogP contribution in [0.5, 0.6) is 0 Å². The summed E-state index contributed by atoms with van der Waals surface area (Å²) in [7, 11) is 0. The van der Waals surface area contributed by atoms with E-state index in [1.165, 1.54) is 16.0 Å². The largest absolute Gasteiger partial charge is 0.306 e. The van der Waals surface area contributed by atoms with E-state index in [1.54, 1.807) is 18.0 Å². The Hall–Kier alpha value is -0.840. The van der Waals surface area contributed by atoms with Crippen LogP contribution in [0.15, 0.2) is 52.1 Å². The lowest BCUT2D eigenvalue weighted by Crippen LogP contribution is -2.18. The summed E-state index contributed by atoms with van der Waals surface area (Å²) in [5, 5.41) is 3.51. The average Bonchev–Trinajstić information content (AvgIpc) is 2.45. The Bertz CT molecular complexity index is 528. The summed E-state index contributed by atoms with van der Waals surface area (Å²) in [6, 6.07) is 11.1. The van der Waals surface area contributed by atoms with Gasteiger partial charge in [0.15, 0.2) is 0 Å². The number of nitrogens with one attached hydrogen (secondary N) is 1. The van der Waals surface area contributed by atoms with Crippen LogP contribution in [-0.2, 0) is 6.54 Å². The maximum absolute atomic E-state index is 4.17. The zero-order chi connectivity index (χ0) is 13.7. The first-order valence-electron chi connectivity index (χ1n) is 6.16. The third-order valence-corrected chi connectivity index (χ3v) is 4.17. The number of hydrogen-bond donors (Lipinski definition) is 1. The number of thioether (sulfide) groups is 1. The molecule has 19 heavy (non-hydrogen) atoms. The fraction of sp³-hybridized carbons (Fsp3) is 0.267. The van der Waals surface area contributed by atoms with Gasteiger partial charge in [0, 0.05) is 34.3 Å². The van der Waals surface area contributed by atoms with E-state index in [0.717, 1.165) is 11.0 Å². The molecule has 0 bridgehead atoms. The van der Waals surface area contributed by atoms with E-state index in [-0.39, 0.29) is 0 Å². The lowest BCUT2D eigenvalue weighted by atomic mass is 10.1. The molecule has 0 aliphatic heterocycles. The minimum atomic E-state index is 0.329. The predicted octanol–water partition coefficient (Wildman–Crippen LogP) is 4.42.